The van der Waals surface area contributed by atoms with Crippen molar-refractivity contribution in [2.45, 2.75) is 39.2 Å². The molecular formula is C20H27NO3. The summed E-state index contributed by atoms with van der Waals surface area (Å²) in [5, 5.41) is 0. The molecule has 1 rings (SSSR count). The summed E-state index contributed by atoms with van der Waals surface area (Å²) in [4.78, 5) is 25.9. The summed E-state index contributed by atoms with van der Waals surface area (Å²) >= 11 is 0. The van der Waals surface area contributed by atoms with Gasteiger partial charge >= 0.3 is 5.97 Å². The van der Waals surface area contributed by atoms with Crippen LogP contribution in [0.5, 0.6) is 0 Å². The summed E-state index contributed by atoms with van der Waals surface area (Å²) in [5.74, 6) is -0.489. The van der Waals surface area contributed by atoms with Crippen molar-refractivity contribution in [2.24, 2.45) is 0 Å². The van der Waals surface area contributed by atoms with Crippen LogP contribution in [0, 0.1) is 6.92 Å². The SMILES string of the molecule is C=CCN(C(=O)C(=C)CCC(=O)OC)C(CC)c1cccc(C)c1. The second-order valence-electron chi connectivity index (χ2n) is 5.76. The van der Waals surface area contributed by atoms with Crippen molar-refractivity contribution >= 4 is 11.9 Å². The van der Waals surface area contributed by atoms with Crippen molar-refractivity contribution in [1.82, 2.24) is 4.90 Å². The van der Waals surface area contributed by atoms with Crippen LogP contribution in [-0.2, 0) is 14.3 Å². The Morgan fingerprint density at radius 3 is 2.58 bits per heavy atom. The predicted octanol–water partition coefficient (Wildman–Crippen LogP) is 3.97. The predicted molar refractivity (Wildman–Crippen MR) is 96.5 cm³/mol. The largest absolute Gasteiger partial charge is 0.469 e. The molecule has 4 heteroatoms. The molecule has 0 aliphatic heterocycles. The molecule has 0 radical (unpaired) electrons. The highest BCUT2D eigenvalue weighted by molar-refractivity contribution is 5.93. The lowest BCUT2D eigenvalue weighted by Crippen LogP contribution is -2.36. The Morgan fingerprint density at radius 1 is 1.33 bits per heavy atom. The maximum atomic E-state index is 12.8. The minimum atomic E-state index is -0.343. The van der Waals surface area contributed by atoms with E-state index in [1.54, 1.807) is 11.0 Å². The van der Waals surface area contributed by atoms with Crippen LogP contribution in [-0.4, -0.2) is 30.4 Å². The first-order valence-corrected chi connectivity index (χ1v) is 8.17. The number of hydrogen-bond acceptors (Lipinski definition) is 3. The first-order valence-electron chi connectivity index (χ1n) is 8.17. The van der Waals surface area contributed by atoms with Gasteiger partial charge in [-0.2, -0.15) is 0 Å². The second kappa shape index (κ2) is 9.71. The average Bonchev–Trinajstić information content (AvgIpc) is 2.58. The molecule has 0 saturated carbocycles. The third-order valence-corrected chi connectivity index (χ3v) is 3.94. The molecular weight excluding hydrogens is 302 g/mol. The Bertz CT molecular complexity index is 607. The Hall–Kier alpha value is -2.36. The van der Waals surface area contributed by atoms with Crippen LogP contribution in [0.15, 0.2) is 49.1 Å². The number of ether oxygens (including phenoxy) is 1. The second-order valence-corrected chi connectivity index (χ2v) is 5.76. The van der Waals surface area contributed by atoms with Crippen LogP contribution in [0.2, 0.25) is 0 Å². The third-order valence-electron chi connectivity index (χ3n) is 3.94. The number of aryl methyl sites for hydroxylation is 1. The minimum absolute atomic E-state index is 0.0507. The molecule has 0 heterocycles. The molecule has 4 nitrogen and oxygen atoms in total. The van der Waals surface area contributed by atoms with E-state index in [1.807, 2.05) is 32.0 Å². The van der Waals surface area contributed by atoms with Crippen LogP contribution in [0.3, 0.4) is 0 Å². The van der Waals surface area contributed by atoms with E-state index >= 15 is 0 Å². The molecule has 1 amide bonds. The fraction of sp³-hybridized carbons (Fsp3) is 0.400. The number of carbonyl (C=O) groups is 2. The zero-order valence-electron chi connectivity index (χ0n) is 14.9. The van der Waals surface area contributed by atoms with Gasteiger partial charge < -0.3 is 9.64 Å². The molecule has 1 unspecified atom stereocenters. The van der Waals surface area contributed by atoms with Gasteiger partial charge in [0.15, 0.2) is 0 Å². The number of carbonyl (C=O) groups excluding carboxylic acids is 2. The minimum Gasteiger partial charge on any atom is -0.469 e. The summed E-state index contributed by atoms with van der Waals surface area (Å²) in [5.41, 5.74) is 2.66. The number of hydrogen-bond donors (Lipinski definition) is 0. The van der Waals surface area contributed by atoms with Gasteiger partial charge in [-0.15, -0.1) is 6.58 Å². The molecule has 0 saturated heterocycles. The van der Waals surface area contributed by atoms with Crippen LogP contribution >= 0.6 is 0 Å². The number of amides is 1. The molecule has 0 spiro atoms. The summed E-state index contributed by atoms with van der Waals surface area (Å²) in [6.45, 7) is 12.1. The van der Waals surface area contributed by atoms with Gasteiger partial charge in [-0.25, -0.2) is 0 Å². The van der Waals surface area contributed by atoms with E-state index in [-0.39, 0.29) is 24.3 Å². The Labute approximate surface area is 144 Å². The average molecular weight is 329 g/mol. The van der Waals surface area contributed by atoms with E-state index < -0.39 is 0 Å². The maximum Gasteiger partial charge on any atom is 0.305 e. The van der Waals surface area contributed by atoms with Gasteiger partial charge in [0, 0.05) is 18.5 Å². The smallest absolute Gasteiger partial charge is 0.305 e. The van der Waals surface area contributed by atoms with E-state index in [1.165, 1.54) is 7.11 Å². The van der Waals surface area contributed by atoms with Gasteiger partial charge in [-0.05, 0) is 25.3 Å². The highest BCUT2D eigenvalue weighted by atomic mass is 16.5. The van der Waals surface area contributed by atoms with Crippen LogP contribution in [0.4, 0.5) is 0 Å². The van der Waals surface area contributed by atoms with Gasteiger partial charge in [0.1, 0.15) is 0 Å². The summed E-state index contributed by atoms with van der Waals surface area (Å²) in [6, 6.07) is 8.10. The normalized spacial score (nSPS) is 11.5. The quantitative estimate of drug-likeness (QED) is 0.391. The summed E-state index contributed by atoms with van der Waals surface area (Å²) < 4.78 is 4.62. The zero-order chi connectivity index (χ0) is 18.1. The highest BCUT2D eigenvalue weighted by Gasteiger charge is 2.25. The van der Waals surface area contributed by atoms with Crippen molar-refractivity contribution in [3.8, 4) is 0 Å². The molecule has 0 N–H and O–H groups in total. The molecule has 0 bridgehead atoms. The fourth-order valence-electron chi connectivity index (χ4n) is 2.67. The van der Waals surface area contributed by atoms with Crippen molar-refractivity contribution in [2.75, 3.05) is 13.7 Å². The van der Waals surface area contributed by atoms with Crippen LogP contribution < -0.4 is 0 Å². The lowest BCUT2D eigenvalue weighted by atomic mass is 9.99. The molecule has 0 fully saturated rings. The lowest BCUT2D eigenvalue weighted by molar-refractivity contribution is -0.140. The van der Waals surface area contributed by atoms with Crippen molar-refractivity contribution < 1.29 is 14.3 Å². The Kier molecular flexibility index (Phi) is 7.96. The van der Waals surface area contributed by atoms with Crippen molar-refractivity contribution in [3.05, 3.63) is 60.2 Å². The fourth-order valence-corrected chi connectivity index (χ4v) is 2.67. The van der Waals surface area contributed by atoms with Gasteiger partial charge in [-0.3, -0.25) is 9.59 Å². The number of nitrogens with zero attached hydrogens (tertiary/aromatic N) is 1. The molecule has 24 heavy (non-hydrogen) atoms. The molecule has 1 aromatic rings. The summed E-state index contributed by atoms with van der Waals surface area (Å²) in [6.07, 6.45) is 2.95. The molecule has 0 aliphatic rings. The van der Waals surface area contributed by atoms with E-state index in [4.69, 9.17) is 0 Å². The lowest BCUT2D eigenvalue weighted by Gasteiger charge is -2.31. The maximum absolute atomic E-state index is 12.8. The van der Waals surface area contributed by atoms with E-state index in [0.29, 0.717) is 18.5 Å². The van der Waals surface area contributed by atoms with E-state index in [0.717, 1.165) is 17.5 Å². The van der Waals surface area contributed by atoms with Crippen LogP contribution in [0.1, 0.15) is 43.4 Å². The number of methoxy groups -OCH3 is 1. The first-order chi connectivity index (χ1) is 11.4. The Morgan fingerprint density at radius 2 is 2.04 bits per heavy atom. The topological polar surface area (TPSA) is 46.6 Å². The van der Waals surface area contributed by atoms with Gasteiger partial charge in [0.05, 0.1) is 13.2 Å². The number of benzene rings is 1. The summed E-state index contributed by atoms with van der Waals surface area (Å²) in [7, 11) is 1.34. The zero-order valence-corrected chi connectivity index (χ0v) is 14.9. The standard InChI is InChI=1S/C20H27NO3/c1-6-13-21(20(23)16(4)11-12-19(22)24-5)18(7-2)17-10-8-9-15(3)14-17/h6,8-10,14,18H,1,4,7,11-13H2,2-3,5H3. The monoisotopic (exact) mass is 329 g/mol. The van der Waals surface area contributed by atoms with Crippen molar-refractivity contribution in [1.29, 1.82) is 0 Å². The number of rotatable bonds is 9. The van der Waals surface area contributed by atoms with E-state index in [9.17, 15) is 9.59 Å². The molecule has 1 atom stereocenters. The molecule has 0 aromatic heterocycles. The molecule has 0 aliphatic carbocycles. The molecule has 130 valence electrons. The third kappa shape index (κ3) is 5.37. The first kappa shape index (κ1) is 19.7. The van der Waals surface area contributed by atoms with Crippen LogP contribution in [0.25, 0.3) is 0 Å². The van der Waals surface area contributed by atoms with Gasteiger partial charge in [0.2, 0.25) is 5.91 Å². The molecule has 1 aromatic carbocycles. The van der Waals surface area contributed by atoms with Gasteiger partial charge in [-0.1, -0.05) is 49.4 Å². The number of esters is 1. The van der Waals surface area contributed by atoms with E-state index in [2.05, 4.69) is 24.0 Å². The van der Waals surface area contributed by atoms with Crippen molar-refractivity contribution in [3.63, 3.8) is 0 Å². The van der Waals surface area contributed by atoms with Gasteiger partial charge in [0.25, 0.3) is 0 Å². The highest BCUT2D eigenvalue weighted by Crippen LogP contribution is 2.27. The Balaban J connectivity index is 2.97.